The van der Waals surface area contributed by atoms with Crippen molar-refractivity contribution in [2.75, 3.05) is 26.4 Å². The maximum Gasteiger partial charge on any atom is 0.333 e. The van der Waals surface area contributed by atoms with Crippen LogP contribution in [0.4, 0.5) is 0 Å². The van der Waals surface area contributed by atoms with Gasteiger partial charge in [-0.15, -0.1) is 0 Å². The molecule has 0 aromatic heterocycles. The first-order valence-corrected chi connectivity index (χ1v) is 20.4. The Morgan fingerprint density at radius 2 is 0.847 bits per heavy atom. The second-order valence-corrected chi connectivity index (χ2v) is 16.8. The zero-order chi connectivity index (χ0) is 45.3. The molecule has 0 aromatic rings. The van der Waals surface area contributed by atoms with Gasteiger partial charge in [-0.25, -0.2) is 37.1 Å². The molecule has 4 fully saturated rings. The fourth-order valence-electron chi connectivity index (χ4n) is 8.00. The number of carbonyl (C=O) groups excluding carboxylic acids is 1. The molecule has 4 saturated heterocycles. The van der Waals surface area contributed by atoms with E-state index in [1.807, 2.05) is 34.6 Å². The van der Waals surface area contributed by atoms with Crippen molar-refractivity contribution in [3.05, 3.63) is 0 Å². The molecule has 8 unspecified atom stereocenters. The van der Waals surface area contributed by atoms with E-state index in [1.54, 1.807) is 0 Å². The van der Waals surface area contributed by atoms with Crippen LogP contribution < -0.4 is 28.7 Å². The number of amides is 1. The van der Waals surface area contributed by atoms with E-state index in [4.69, 9.17) is 77.8 Å². The number of nitrogens with two attached hydrogens (primary N) is 4. The summed E-state index contributed by atoms with van der Waals surface area (Å²) in [4.78, 5) is 48.5. The lowest BCUT2D eigenvalue weighted by atomic mass is 9.76. The number of nitrogens with one attached hydrogen (secondary N) is 1. The highest BCUT2D eigenvalue weighted by Gasteiger charge is 2.44. The Kier molecular flexibility index (Phi) is 25.6. The van der Waals surface area contributed by atoms with Crippen LogP contribution in [0, 0.1) is 65.1 Å². The predicted octanol–water partition coefficient (Wildman–Crippen LogP) is 2.57. The van der Waals surface area contributed by atoms with Crippen LogP contribution in [0.25, 0.3) is 0 Å². The summed E-state index contributed by atoms with van der Waals surface area (Å²) >= 11 is 0. The minimum absolute atomic E-state index is 0.0398. The second kappa shape index (κ2) is 27.3. The Hall–Kier alpha value is -1.74. The molecular formula is C38H77N5O16. The fraction of sp³-hybridized carbons (Fsp3) is 0.947. The van der Waals surface area contributed by atoms with E-state index in [-0.39, 0.29) is 85.8 Å². The third-order valence-corrected chi connectivity index (χ3v) is 13.6. The first kappa shape index (κ1) is 55.3. The molecule has 20 atom stereocenters. The summed E-state index contributed by atoms with van der Waals surface area (Å²) < 4.78 is 22.1. The van der Waals surface area contributed by atoms with Gasteiger partial charge < -0.3 is 35.1 Å². The Labute approximate surface area is 348 Å². The number of hydrogen-bond acceptors (Lipinski definition) is 19. The number of carboxylic acids is 1. The van der Waals surface area contributed by atoms with E-state index in [9.17, 15) is 9.59 Å². The molecule has 0 saturated carbocycles. The summed E-state index contributed by atoms with van der Waals surface area (Å²) in [6.45, 7) is 24.6. The molecule has 0 aromatic carbocycles. The third kappa shape index (κ3) is 15.5. The molecule has 0 bridgehead atoms. The van der Waals surface area contributed by atoms with E-state index in [0.717, 1.165) is 0 Å². The quantitative estimate of drug-likeness (QED) is 0.101. The van der Waals surface area contributed by atoms with Crippen molar-refractivity contribution in [2.45, 2.75) is 139 Å². The van der Waals surface area contributed by atoms with Crippen molar-refractivity contribution in [2.24, 2.45) is 88.5 Å². The van der Waals surface area contributed by atoms with Crippen LogP contribution in [-0.4, -0.2) is 115 Å². The molecule has 0 spiro atoms. The number of aliphatic carboxylic acids is 1. The van der Waals surface area contributed by atoms with Crippen molar-refractivity contribution in [1.29, 1.82) is 0 Å². The highest BCUT2D eigenvalue weighted by atomic mass is 17.1. The molecule has 1 amide bonds. The molecule has 350 valence electrons. The van der Waals surface area contributed by atoms with Gasteiger partial charge in [0.05, 0.1) is 30.5 Å². The first-order chi connectivity index (χ1) is 27.7. The van der Waals surface area contributed by atoms with E-state index in [0.29, 0.717) is 42.1 Å². The van der Waals surface area contributed by atoms with Gasteiger partial charge >= 0.3 is 5.97 Å². The van der Waals surface area contributed by atoms with E-state index >= 15 is 0 Å². The molecule has 4 aliphatic heterocycles. The summed E-state index contributed by atoms with van der Waals surface area (Å²) in [7, 11) is 0. The van der Waals surface area contributed by atoms with Crippen molar-refractivity contribution in [3.8, 4) is 0 Å². The van der Waals surface area contributed by atoms with E-state index in [1.165, 1.54) is 6.92 Å². The van der Waals surface area contributed by atoms with Crippen LogP contribution in [0.1, 0.15) is 83.1 Å². The summed E-state index contributed by atoms with van der Waals surface area (Å²) in [6, 6.07) is -0.317. The van der Waals surface area contributed by atoms with Gasteiger partial charge in [0.1, 0.15) is 19.8 Å². The van der Waals surface area contributed by atoms with Gasteiger partial charge in [0.25, 0.3) is 0 Å². The van der Waals surface area contributed by atoms with Crippen molar-refractivity contribution < 1.29 is 78.6 Å². The molecule has 4 aliphatic rings. The van der Waals surface area contributed by atoms with Crippen LogP contribution in [0.15, 0.2) is 0 Å². The topological polar surface area (TPSA) is 323 Å². The van der Waals surface area contributed by atoms with Crippen LogP contribution in [-0.2, 0) is 57.7 Å². The molecular weight excluding hydrogens is 782 g/mol. The second-order valence-electron chi connectivity index (χ2n) is 16.8. The molecule has 4 heterocycles. The average molecular weight is 860 g/mol. The Bertz CT molecular complexity index is 1140. The summed E-state index contributed by atoms with van der Waals surface area (Å²) in [5, 5.41) is 37.0. The van der Waals surface area contributed by atoms with Gasteiger partial charge in [0.15, 0.2) is 25.0 Å². The predicted molar refractivity (Wildman–Crippen MR) is 211 cm³/mol. The minimum Gasteiger partial charge on any atom is -0.479 e. The largest absolute Gasteiger partial charge is 0.479 e. The maximum atomic E-state index is 11.1. The van der Waals surface area contributed by atoms with Gasteiger partial charge in [-0.2, -0.15) is 0 Å². The number of carboxylic acid groups (broad SMARTS) is 1. The van der Waals surface area contributed by atoms with Crippen LogP contribution in [0.5, 0.6) is 0 Å². The average Bonchev–Trinajstić information content (AvgIpc) is 3.21. The molecule has 21 heteroatoms. The van der Waals surface area contributed by atoms with Gasteiger partial charge in [-0.3, -0.25) is 35.1 Å². The standard InChI is InChI=1S/C10H20N2O5.C10H19NO3.2C9H19NO4/c1-5-6(2)9(12-7(3)13)10(17-11)16-8(5)4-15-14;1-5-6(2)8(4-11)14-9(7(5)3)10(12)13;2*1-5-6(2)8(4-12-11)13-9(14-10)7(5)3/h5-6,8-10,14H,4,11H2,1-3H3,(H,12,13);5-9H,4,11H2,1-3H3,(H,12,13);2*5-9,11H,4,10H2,1-3H3/t5-,6-,8?,9?,10?;5-,6-,7-,8-,9?;5-,6+,7+,8?,9?;5-,6-,7+,8?,9?/m0100/s1. The van der Waals surface area contributed by atoms with Crippen LogP contribution in [0.2, 0.25) is 0 Å². The van der Waals surface area contributed by atoms with Crippen LogP contribution in [0.3, 0.4) is 0 Å². The zero-order valence-corrected chi connectivity index (χ0v) is 36.9. The van der Waals surface area contributed by atoms with Gasteiger partial charge in [0.2, 0.25) is 5.91 Å². The normalized spacial score (nSPS) is 42.1. The zero-order valence-electron chi connectivity index (χ0n) is 36.9. The molecule has 0 radical (unpaired) electrons. The van der Waals surface area contributed by atoms with Crippen molar-refractivity contribution in [3.63, 3.8) is 0 Å². The number of rotatable bonds is 12. The fourth-order valence-corrected chi connectivity index (χ4v) is 8.00. The summed E-state index contributed by atoms with van der Waals surface area (Å²) in [6.07, 6.45) is -3.06. The molecule has 59 heavy (non-hydrogen) atoms. The molecule has 0 aliphatic carbocycles. The maximum absolute atomic E-state index is 11.1. The lowest BCUT2D eigenvalue weighted by Crippen LogP contribution is -2.58. The highest BCUT2D eigenvalue weighted by Crippen LogP contribution is 2.37. The number of ether oxygens (including phenoxy) is 4. The number of carbonyl (C=O) groups is 2. The van der Waals surface area contributed by atoms with Crippen molar-refractivity contribution >= 4 is 11.9 Å². The third-order valence-electron chi connectivity index (χ3n) is 13.6. The Morgan fingerprint density at radius 3 is 1.17 bits per heavy atom. The smallest absolute Gasteiger partial charge is 0.333 e. The van der Waals surface area contributed by atoms with Crippen LogP contribution >= 0.6 is 0 Å². The number of hydrogen-bond donors (Lipinski definition) is 9. The van der Waals surface area contributed by atoms with Gasteiger partial charge in [0, 0.05) is 25.3 Å². The van der Waals surface area contributed by atoms with E-state index < -0.39 is 30.9 Å². The molecule has 13 N–H and O–H groups in total. The highest BCUT2D eigenvalue weighted by molar-refractivity contribution is 5.73. The van der Waals surface area contributed by atoms with Crippen molar-refractivity contribution in [1.82, 2.24) is 5.32 Å². The summed E-state index contributed by atoms with van der Waals surface area (Å²) in [5.74, 6) is 17.2. The molecule has 4 rings (SSSR count). The Balaban J connectivity index is 0.000000395. The SMILES string of the molecule is CC(=O)NC1C(ON)OC(COO)[C@@H](C)[C@@H]1C.C[C@@H]1[C@@H](C)[C@@H](C)C(C(=O)O)O[C@@H]1CN.C[C@H]1[C@@H](C)C(COO)OC(ON)[C@@H]1C.C[C@H]1[C@H](C)C(COO)OC(ON)[C@@H]1C. The first-order valence-electron chi connectivity index (χ1n) is 20.4. The Morgan fingerprint density at radius 1 is 0.508 bits per heavy atom. The monoisotopic (exact) mass is 860 g/mol. The summed E-state index contributed by atoms with van der Waals surface area (Å²) in [5.41, 5.74) is 5.55. The molecule has 21 nitrogen and oxygen atoms in total. The van der Waals surface area contributed by atoms with Gasteiger partial charge in [-0.05, 0) is 53.3 Å². The lowest BCUT2D eigenvalue weighted by molar-refractivity contribution is -0.307. The van der Waals surface area contributed by atoms with Gasteiger partial charge in [-0.1, -0.05) is 76.2 Å². The van der Waals surface area contributed by atoms with E-state index in [2.05, 4.69) is 61.5 Å². The lowest BCUT2D eigenvalue weighted by Gasteiger charge is -2.43. The minimum atomic E-state index is -0.880.